The first kappa shape index (κ1) is 12.4. The van der Waals surface area contributed by atoms with Gasteiger partial charge in [0, 0.05) is 23.7 Å². The van der Waals surface area contributed by atoms with E-state index in [1.54, 1.807) is 6.92 Å². The van der Waals surface area contributed by atoms with Crippen LogP contribution in [0.25, 0.3) is 0 Å². The van der Waals surface area contributed by atoms with Crippen LogP contribution in [0.1, 0.15) is 35.2 Å². The van der Waals surface area contributed by atoms with Gasteiger partial charge in [0.05, 0.1) is 12.6 Å². The maximum atomic E-state index is 12.6. The van der Waals surface area contributed by atoms with Crippen LogP contribution in [0.3, 0.4) is 0 Å². The predicted molar refractivity (Wildman–Crippen MR) is 73.7 cm³/mol. The molecule has 1 N–H and O–H groups in total. The highest BCUT2D eigenvalue weighted by molar-refractivity contribution is 6.04. The summed E-state index contributed by atoms with van der Waals surface area (Å²) in [4.78, 5) is 25.7. The minimum absolute atomic E-state index is 0.0967. The molecule has 0 fully saturated rings. The third kappa shape index (κ3) is 1.96. The molecule has 2 aliphatic rings. The summed E-state index contributed by atoms with van der Waals surface area (Å²) in [7, 11) is 1.86. The van der Waals surface area contributed by atoms with Crippen molar-refractivity contribution in [3.05, 3.63) is 29.3 Å². The number of nitrogens with one attached hydrogen (secondary N) is 1. The Kier molecular flexibility index (Phi) is 2.90. The van der Waals surface area contributed by atoms with Gasteiger partial charge in [0.1, 0.15) is 5.78 Å². The zero-order valence-corrected chi connectivity index (χ0v) is 11.3. The zero-order chi connectivity index (χ0) is 13.6. The number of benzene rings is 1. The summed E-state index contributed by atoms with van der Waals surface area (Å²) >= 11 is 0. The van der Waals surface area contributed by atoms with Crippen molar-refractivity contribution in [2.24, 2.45) is 0 Å². The number of hydrogen-bond acceptors (Lipinski definition) is 4. The fourth-order valence-electron chi connectivity index (χ4n) is 3.31. The number of carbonyl (C=O) groups excluding carboxylic acids is 2. The number of carbonyl (C=O) groups is 2. The smallest absolute Gasteiger partial charge is 0.180 e. The molecule has 1 aromatic rings. The van der Waals surface area contributed by atoms with Crippen LogP contribution in [0.15, 0.2) is 18.2 Å². The van der Waals surface area contributed by atoms with Gasteiger partial charge in [-0.05, 0) is 32.0 Å². The number of hydrogen-bond donors (Lipinski definition) is 1. The summed E-state index contributed by atoms with van der Waals surface area (Å²) in [6, 6.07) is 5.70. The number of nitrogens with zero attached hydrogens (tertiary/aromatic N) is 1. The molecule has 0 unspecified atom stereocenters. The molecule has 4 heteroatoms. The summed E-state index contributed by atoms with van der Waals surface area (Å²) in [5, 5.41) is 3.37. The van der Waals surface area contributed by atoms with E-state index in [1.807, 2.05) is 30.1 Å². The predicted octanol–water partition coefficient (Wildman–Crippen LogP) is 1.67. The first-order valence-electron chi connectivity index (χ1n) is 6.68. The van der Waals surface area contributed by atoms with Crippen LogP contribution < -0.4 is 5.32 Å². The molecule has 0 amide bonds. The monoisotopic (exact) mass is 258 g/mol. The molecule has 0 aromatic heterocycles. The van der Waals surface area contributed by atoms with Gasteiger partial charge in [-0.15, -0.1) is 0 Å². The number of likely N-dealkylation sites (N-methyl/N-ethyl adjacent to an activating group) is 1. The number of ketones is 2. The highest BCUT2D eigenvalue weighted by Crippen LogP contribution is 2.42. The molecule has 1 aromatic carbocycles. The van der Waals surface area contributed by atoms with Gasteiger partial charge in [-0.3, -0.25) is 14.5 Å². The van der Waals surface area contributed by atoms with Crippen molar-refractivity contribution in [1.29, 1.82) is 0 Å². The first-order valence-corrected chi connectivity index (χ1v) is 6.68. The molecule has 0 saturated carbocycles. The Hall–Kier alpha value is -1.68. The van der Waals surface area contributed by atoms with Crippen LogP contribution in [0, 0.1) is 0 Å². The Morgan fingerprint density at radius 1 is 1.47 bits per heavy atom. The van der Waals surface area contributed by atoms with Crippen LogP contribution in [0.4, 0.5) is 5.69 Å². The molecule has 4 nitrogen and oxygen atoms in total. The molecular weight excluding hydrogens is 240 g/mol. The van der Waals surface area contributed by atoms with Crippen LogP contribution in [0.5, 0.6) is 0 Å². The number of Topliss-reactive ketones (excluding diaryl/α,β-unsaturated/α-hetero) is 2. The second-order valence-electron chi connectivity index (χ2n) is 5.58. The van der Waals surface area contributed by atoms with Crippen molar-refractivity contribution in [3.63, 3.8) is 0 Å². The SMILES string of the molecule is CC(=O)CN(C)[C@@H]1C[C@@H]2CNc3cccc(c32)C1=O. The highest BCUT2D eigenvalue weighted by Gasteiger charge is 2.39. The lowest BCUT2D eigenvalue weighted by Gasteiger charge is -2.33. The van der Waals surface area contributed by atoms with Crippen molar-refractivity contribution < 1.29 is 9.59 Å². The average molecular weight is 258 g/mol. The Bertz CT molecular complexity index is 553. The summed E-state index contributed by atoms with van der Waals surface area (Å²) in [5.41, 5.74) is 3.11. The normalized spacial score (nSPS) is 24.3. The molecule has 2 atom stereocenters. The third-order valence-corrected chi connectivity index (χ3v) is 4.13. The van der Waals surface area contributed by atoms with E-state index in [2.05, 4.69) is 5.32 Å². The molecule has 1 heterocycles. The van der Waals surface area contributed by atoms with E-state index in [4.69, 9.17) is 0 Å². The van der Waals surface area contributed by atoms with E-state index in [1.165, 1.54) is 5.56 Å². The Morgan fingerprint density at radius 2 is 2.26 bits per heavy atom. The summed E-state index contributed by atoms with van der Waals surface area (Å²) in [5.74, 6) is 0.642. The van der Waals surface area contributed by atoms with Crippen LogP contribution in [-0.2, 0) is 4.79 Å². The zero-order valence-electron chi connectivity index (χ0n) is 11.3. The van der Waals surface area contributed by atoms with Gasteiger partial charge in [0.2, 0.25) is 0 Å². The van der Waals surface area contributed by atoms with Gasteiger partial charge < -0.3 is 5.32 Å². The fourth-order valence-corrected chi connectivity index (χ4v) is 3.31. The van der Waals surface area contributed by atoms with Crippen molar-refractivity contribution >= 4 is 17.3 Å². The summed E-state index contributed by atoms with van der Waals surface area (Å²) in [6.45, 7) is 2.79. The van der Waals surface area contributed by atoms with Gasteiger partial charge in [0.15, 0.2) is 5.78 Å². The molecule has 1 aliphatic carbocycles. The summed E-state index contributed by atoms with van der Waals surface area (Å²) < 4.78 is 0. The first-order chi connectivity index (χ1) is 9.08. The van der Waals surface area contributed by atoms with E-state index in [-0.39, 0.29) is 17.6 Å². The van der Waals surface area contributed by atoms with Gasteiger partial charge in [-0.2, -0.15) is 0 Å². The van der Waals surface area contributed by atoms with E-state index < -0.39 is 0 Å². The Labute approximate surface area is 112 Å². The third-order valence-electron chi connectivity index (χ3n) is 4.13. The standard InChI is InChI=1S/C15H18N2O2/c1-9(18)8-17(2)13-6-10-7-16-12-5-3-4-11(14(10)12)15(13)19/h3-5,10,13,16H,6-8H2,1-2H3/t10-,13-/m1/s1. The van der Waals surface area contributed by atoms with E-state index in [9.17, 15) is 9.59 Å². The fraction of sp³-hybridized carbons (Fsp3) is 0.467. The molecule has 19 heavy (non-hydrogen) atoms. The van der Waals surface area contributed by atoms with Crippen molar-refractivity contribution in [2.75, 3.05) is 25.5 Å². The van der Waals surface area contributed by atoms with Gasteiger partial charge in [0.25, 0.3) is 0 Å². The lowest BCUT2D eigenvalue weighted by Crippen LogP contribution is -2.44. The quantitative estimate of drug-likeness (QED) is 0.896. The Morgan fingerprint density at radius 3 is 3.00 bits per heavy atom. The van der Waals surface area contributed by atoms with Crippen LogP contribution >= 0.6 is 0 Å². The Balaban J connectivity index is 1.94. The lowest BCUT2D eigenvalue weighted by molar-refractivity contribution is -0.118. The molecule has 0 radical (unpaired) electrons. The molecule has 0 spiro atoms. The summed E-state index contributed by atoms with van der Waals surface area (Å²) in [6.07, 6.45) is 0.805. The maximum Gasteiger partial charge on any atom is 0.180 e. The molecule has 1 aliphatic heterocycles. The van der Waals surface area contributed by atoms with E-state index in [0.717, 1.165) is 24.2 Å². The van der Waals surface area contributed by atoms with Gasteiger partial charge >= 0.3 is 0 Å². The molecule has 0 bridgehead atoms. The second kappa shape index (κ2) is 4.46. The number of anilines is 1. The second-order valence-corrected chi connectivity index (χ2v) is 5.58. The molecule has 100 valence electrons. The molecule has 0 saturated heterocycles. The van der Waals surface area contributed by atoms with E-state index in [0.29, 0.717) is 12.5 Å². The lowest BCUT2D eigenvalue weighted by atomic mass is 9.80. The van der Waals surface area contributed by atoms with Crippen molar-refractivity contribution in [3.8, 4) is 0 Å². The molecular formula is C15H18N2O2. The number of rotatable bonds is 3. The van der Waals surface area contributed by atoms with E-state index >= 15 is 0 Å². The van der Waals surface area contributed by atoms with Crippen molar-refractivity contribution in [2.45, 2.75) is 25.3 Å². The average Bonchev–Trinajstić information content (AvgIpc) is 2.77. The van der Waals surface area contributed by atoms with Crippen LogP contribution in [-0.4, -0.2) is 42.6 Å². The van der Waals surface area contributed by atoms with Gasteiger partial charge in [-0.1, -0.05) is 12.1 Å². The van der Waals surface area contributed by atoms with Crippen LogP contribution in [0.2, 0.25) is 0 Å². The minimum Gasteiger partial charge on any atom is -0.384 e. The maximum absolute atomic E-state index is 12.6. The minimum atomic E-state index is -0.170. The topological polar surface area (TPSA) is 49.4 Å². The van der Waals surface area contributed by atoms with Crippen molar-refractivity contribution in [1.82, 2.24) is 4.90 Å². The highest BCUT2D eigenvalue weighted by atomic mass is 16.1. The largest absolute Gasteiger partial charge is 0.384 e. The molecule has 3 rings (SSSR count). The van der Waals surface area contributed by atoms with Gasteiger partial charge in [-0.25, -0.2) is 0 Å².